The Bertz CT molecular complexity index is 2570. The zero-order valence-electron chi connectivity index (χ0n) is 36.5. The Labute approximate surface area is 376 Å². The van der Waals surface area contributed by atoms with Crippen molar-refractivity contribution < 1.29 is 29.6 Å². The van der Waals surface area contributed by atoms with E-state index < -0.39 is 5.60 Å². The van der Waals surface area contributed by atoms with Crippen LogP contribution in [0.1, 0.15) is 82.9 Å². The van der Waals surface area contributed by atoms with Crippen molar-refractivity contribution in [3.05, 3.63) is 81.5 Å². The number of nitrogens with zero attached hydrogens (tertiary/aromatic N) is 9. The number of anilines is 2. The summed E-state index contributed by atoms with van der Waals surface area (Å²) in [5.41, 5.74) is 10.2. The molecule has 5 N–H and O–H groups in total. The Morgan fingerprint density at radius 2 is 1.52 bits per heavy atom. The normalized spacial score (nSPS) is 20.0. The summed E-state index contributed by atoms with van der Waals surface area (Å²) in [7, 11) is 0. The Morgan fingerprint density at radius 1 is 0.828 bits per heavy atom. The van der Waals surface area contributed by atoms with E-state index in [2.05, 4.69) is 48.9 Å². The maximum atomic E-state index is 13.8. The van der Waals surface area contributed by atoms with Crippen LogP contribution in [0.15, 0.2) is 48.8 Å². The number of ether oxygens (including phenoxy) is 1. The molecule has 5 aromatic rings. The summed E-state index contributed by atoms with van der Waals surface area (Å²) >= 11 is 1.75. The van der Waals surface area contributed by atoms with E-state index in [4.69, 9.17) is 20.4 Å². The zero-order chi connectivity index (χ0) is 44.3. The Morgan fingerprint density at radius 3 is 2.23 bits per heavy atom. The number of piperidine rings is 2. The molecule has 0 saturated carbocycles. The Balaban J connectivity index is 0.707. The average Bonchev–Trinajstić information content (AvgIpc) is 3.90. The summed E-state index contributed by atoms with van der Waals surface area (Å²) in [5.74, 6) is 1.07. The SMILES string of the molecule is CC(C)c1cc(C(=O)N2Cc3ccc(CN4CCC(O)(C(=O)N5CC6(CCN(Cc7cc8nc(-c9cnc(N)nc9)nc(N9CCOCC9)c8s7)CC6)C5)CC4)cc3C2)c(O)cc1O. The number of aromatic nitrogens is 4. The molecule has 0 unspecified atom stereocenters. The van der Waals surface area contributed by atoms with Gasteiger partial charge >= 0.3 is 0 Å². The topological polar surface area (TPSA) is 198 Å². The minimum absolute atomic E-state index is 0.0000673. The highest BCUT2D eigenvalue weighted by atomic mass is 32.1. The van der Waals surface area contributed by atoms with Gasteiger partial charge in [-0.05, 0) is 79.1 Å². The number of carbonyl (C=O) groups is 2. The predicted molar refractivity (Wildman–Crippen MR) is 243 cm³/mol. The van der Waals surface area contributed by atoms with Gasteiger partial charge in [0.25, 0.3) is 11.8 Å². The standard InChI is InChI=1S/C47H56N10O6S/c1-29(2)35-19-36(39(59)20-38(35)58)43(60)56-24-31-4-3-30(17-32(31)25-56)23-53-11-7-47(62,8-12-53)44(61)57-27-46(28-57)5-9-54(10-6-46)26-34-18-37-40(64-34)42(55-13-15-63-16-14-55)52-41(51-37)33-21-49-45(48)50-22-33/h3-4,17-22,29,58-59,62H,5-16,23-28H2,1-2H3,(H2,48,49,50). The van der Waals surface area contributed by atoms with Crippen molar-refractivity contribution in [2.45, 2.75) is 77.2 Å². The van der Waals surface area contributed by atoms with Crippen LogP contribution in [0, 0.1) is 5.41 Å². The van der Waals surface area contributed by atoms with Gasteiger partial charge in [0, 0.05) is 94.2 Å². The fraction of sp³-hybridized carbons (Fsp3) is 0.489. The molecule has 336 valence electrons. The van der Waals surface area contributed by atoms with E-state index >= 15 is 0 Å². The summed E-state index contributed by atoms with van der Waals surface area (Å²) in [6.07, 6.45) is 6.15. The number of amides is 2. The number of benzene rings is 2. The van der Waals surface area contributed by atoms with Crippen molar-refractivity contribution in [1.29, 1.82) is 0 Å². The van der Waals surface area contributed by atoms with Gasteiger partial charge in [-0.2, -0.15) is 0 Å². The van der Waals surface area contributed by atoms with Crippen LogP contribution in [-0.4, -0.2) is 138 Å². The van der Waals surface area contributed by atoms with Crippen LogP contribution in [0.4, 0.5) is 11.8 Å². The number of nitrogen functional groups attached to an aromatic ring is 1. The van der Waals surface area contributed by atoms with Gasteiger partial charge in [0.1, 0.15) is 17.1 Å². The lowest BCUT2D eigenvalue weighted by Crippen LogP contribution is -2.66. The molecule has 17 heteroatoms. The number of aliphatic hydroxyl groups is 1. The highest BCUT2D eigenvalue weighted by Crippen LogP contribution is 2.44. The number of likely N-dealkylation sites (tertiary alicyclic amines) is 3. The number of hydrogen-bond acceptors (Lipinski definition) is 15. The Hall–Kier alpha value is -5.46. The number of hydrogen-bond donors (Lipinski definition) is 4. The summed E-state index contributed by atoms with van der Waals surface area (Å²) in [6, 6.07) is 11.3. The van der Waals surface area contributed by atoms with E-state index in [0.29, 0.717) is 83.3 Å². The van der Waals surface area contributed by atoms with Gasteiger partial charge in [-0.25, -0.2) is 19.9 Å². The molecule has 64 heavy (non-hydrogen) atoms. The third kappa shape index (κ3) is 8.23. The highest BCUT2D eigenvalue weighted by Gasteiger charge is 2.51. The van der Waals surface area contributed by atoms with E-state index in [1.807, 2.05) is 18.7 Å². The molecule has 0 atom stereocenters. The molecular weight excluding hydrogens is 833 g/mol. The van der Waals surface area contributed by atoms with Crippen LogP contribution in [0.3, 0.4) is 0 Å². The number of phenols is 2. The summed E-state index contributed by atoms with van der Waals surface area (Å²) in [4.78, 5) is 57.5. The smallest absolute Gasteiger partial charge is 0.258 e. The quantitative estimate of drug-likeness (QED) is 0.159. The van der Waals surface area contributed by atoms with Gasteiger partial charge in [0.15, 0.2) is 11.6 Å². The number of rotatable bonds is 9. The number of morpholine rings is 1. The van der Waals surface area contributed by atoms with Gasteiger partial charge in [0.05, 0.1) is 34.6 Å². The molecule has 2 amide bonds. The summed E-state index contributed by atoms with van der Waals surface area (Å²) in [5, 5.41) is 32.5. The van der Waals surface area contributed by atoms with Crippen LogP contribution in [0.5, 0.6) is 11.5 Å². The van der Waals surface area contributed by atoms with Gasteiger partial charge in [0.2, 0.25) is 5.95 Å². The molecule has 1 spiro atoms. The van der Waals surface area contributed by atoms with Crippen molar-refractivity contribution in [1.82, 2.24) is 39.5 Å². The minimum Gasteiger partial charge on any atom is -0.508 e. The number of thiophene rings is 1. The molecule has 0 radical (unpaired) electrons. The zero-order valence-corrected chi connectivity index (χ0v) is 37.3. The molecular formula is C47H56N10O6S. The fourth-order valence-corrected chi connectivity index (χ4v) is 11.3. The lowest BCUT2D eigenvalue weighted by molar-refractivity contribution is -0.171. The second kappa shape index (κ2) is 16.8. The third-order valence-electron chi connectivity index (χ3n) is 14.0. The first-order chi connectivity index (χ1) is 30.8. The van der Waals surface area contributed by atoms with E-state index in [1.54, 1.807) is 34.7 Å². The summed E-state index contributed by atoms with van der Waals surface area (Å²) in [6.45, 7) is 13.6. The first-order valence-electron chi connectivity index (χ1n) is 22.5. The second-order valence-corrected chi connectivity index (χ2v) is 20.0. The van der Waals surface area contributed by atoms with Gasteiger partial charge < -0.3 is 40.5 Å². The molecule has 16 nitrogen and oxygen atoms in total. The van der Waals surface area contributed by atoms with Crippen molar-refractivity contribution in [2.24, 2.45) is 5.41 Å². The van der Waals surface area contributed by atoms with Crippen LogP contribution in [-0.2, 0) is 35.7 Å². The largest absolute Gasteiger partial charge is 0.508 e. The maximum absolute atomic E-state index is 13.8. The lowest BCUT2D eigenvalue weighted by Gasteiger charge is -2.55. The van der Waals surface area contributed by atoms with Crippen molar-refractivity contribution in [3.8, 4) is 22.9 Å². The molecule has 10 rings (SSSR count). The van der Waals surface area contributed by atoms with Crippen LogP contribution < -0.4 is 10.6 Å². The van der Waals surface area contributed by atoms with E-state index in [1.165, 1.54) is 10.9 Å². The molecule has 3 aromatic heterocycles. The first-order valence-corrected chi connectivity index (χ1v) is 23.3. The van der Waals surface area contributed by atoms with E-state index in [9.17, 15) is 24.9 Å². The van der Waals surface area contributed by atoms with Gasteiger partial charge in [-0.15, -0.1) is 11.3 Å². The average molecular weight is 889 g/mol. The highest BCUT2D eigenvalue weighted by molar-refractivity contribution is 7.19. The maximum Gasteiger partial charge on any atom is 0.258 e. The van der Waals surface area contributed by atoms with Crippen LogP contribution >= 0.6 is 11.3 Å². The molecule has 5 aliphatic heterocycles. The number of aromatic hydroxyl groups is 2. The van der Waals surface area contributed by atoms with Crippen molar-refractivity contribution in [3.63, 3.8) is 0 Å². The molecule has 2 aromatic carbocycles. The monoisotopic (exact) mass is 888 g/mol. The molecule has 0 bridgehead atoms. The van der Waals surface area contributed by atoms with Gasteiger partial charge in [-0.3, -0.25) is 19.4 Å². The predicted octanol–water partition coefficient (Wildman–Crippen LogP) is 4.71. The van der Waals surface area contributed by atoms with Crippen LogP contribution in [0.25, 0.3) is 21.6 Å². The van der Waals surface area contributed by atoms with Crippen LogP contribution in [0.2, 0.25) is 0 Å². The molecule has 4 saturated heterocycles. The van der Waals surface area contributed by atoms with Crippen molar-refractivity contribution >= 4 is 45.1 Å². The van der Waals surface area contributed by atoms with E-state index in [0.717, 1.165) is 83.9 Å². The molecule has 8 heterocycles. The van der Waals surface area contributed by atoms with E-state index in [-0.39, 0.29) is 46.2 Å². The molecule has 5 aliphatic rings. The summed E-state index contributed by atoms with van der Waals surface area (Å²) < 4.78 is 6.71. The molecule has 0 aliphatic carbocycles. The molecule has 4 fully saturated rings. The minimum atomic E-state index is -1.35. The fourth-order valence-electron chi connectivity index (χ4n) is 10.2. The lowest BCUT2D eigenvalue weighted by atomic mass is 9.71. The number of nitrogens with two attached hydrogens (primary N) is 1. The number of carbonyl (C=O) groups excluding carboxylic acids is 2. The first kappa shape index (κ1) is 42.5. The number of fused-ring (bicyclic) bond motifs is 2. The second-order valence-electron chi connectivity index (χ2n) is 18.8. The van der Waals surface area contributed by atoms with Crippen molar-refractivity contribution in [2.75, 3.05) is 76.2 Å². The number of phenolic OH excluding ortho intramolecular Hbond substituents is 2. The Kier molecular flexibility index (Phi) is 11.2. The third-order valence-corrected chi connectivity index (χ3v) is 15.2. The van der Waals surface area contributed by atoms with Gasteiger partial charge in [-0.1, -0.05) is 32.0 Å².